The lowest BCUT2D eigenvalue weighted by Crippen LogP contribution is -2.39. The molecule has 1 amide bonds. The molecule has 3 nitrogen and oxygen atoms in total. The van der Waals surface area contributed by atoms with Crippen molar-refractivity contribution in [2.45, 2.75) is 58.1 Å². The summed E-state index contributed by atoms with van der Waals surface area (Å²) in [5.41, 5.74) is 4.07. The van der Waals surface area contributed by atoms with Gasteiger partial charge in [0.1, 0.15) is 5.75 Å². The highest BCUT2D eigenvalue weighted by atomic mass is 16.5. The van der Waals surface area contributed by atoms with Crippen LogP contribution in [0.3, 0.4) is 0 Å². The zero-order chi connectivity index (χ0) is 20.2. The molecule has 0 spiro atoms. The summed E-state index contributed by atoms with van der Waals surface area (Å²) in [6.45, 7) is 4.03. The van der Waals surface area contributed by atoms with E-state index in [0.717, 1.165) is 17.6 Å². The van der Waals surface area contributed by atoms with Crippen LogP contribution in [0.25, 0.3) is 10.8 Å². The van der Waals surface area contributed by atoms with Crippen LogP contribution in [0.2, 0.25) is 0 Å². The van der Waals surface area contributed by atoms with E-state index in [1.54, 1.807) is 0 Å². The second-order valence-electron chi connectivity index (χ2n) is 7.99. The van der Waals surface area contributed by atoms with Gasteiger partial charge in [-0.15, -0.1) is 0 Å². The van der Waals surface area contributed by atoms with Crippen molar-refractivity contribution < 1.29 is 9.53 Å². The van der Waals surface area contributed by atoms with E-state index in [2.05, 4.69) is 35.6 Å². The Kier molecular flexibility index (Phi) is 5.84. The highest BCUT2D eigenvalue weighted by Crippen LogP contribution is 2.25. The monoisotopic (exact) mass is 387 g/mol. The van der Waals surface area contributed by atoms with Crippen molar-refractivity contribution in [3.05, 3.63) is 77.4 Å². The third-order valence-electron chi connectivity index (χ3n) is 5.89. The number of carbonyl (C=O) groups is 1. The van der Waals surface area contributed by atoms with Crippen LogP contribution in [0.15, 0.2) is 60.7 Å². The summed E-state index contributed by atoms with van der Waals surface area (Å²) < 4.78 is 6.05. The number of benzene rings is 3. The Balaban J connectivity index is 1.44. The van der Waals surface area contributed by atoms with E-state index >= 15 is 0 Å². The van der Waals surface area contributed by atoms with Gasteiger partial charge in [0.15, 0.2) is 6.10 Å². The van der Waals surface area contributed by atoms with Crippen LogP contribution in [0.1, 0.15) is 55.8 Å². The summed E-state index contributed by atoms with van der Waals surface area (Å²) in [6, 6.07) is 20.7. The topological polar surface area (TPSA) is 38.3 Å². The molecule has 0 aromatic heterocycles. The number of amides is 1. The number of ether oxygens (including phenoxy) is 1. The fourth-order valence-electron chi connectivity index (χ4n) is 4.14. The van der Waals surface area contributed by atoms with E-state index in [0.29, 0.717) is 6.42 Å². The molecule has 150 valence electrons. The van der Waals surface area contributed by atoms with Crippen molar-refractivity contribution in [3.63, 3.8) is 0 Å². The highest BCUT2D eigenvalue weighted by molar-refractivity contribution is 5.84. The van der Waals surface area contributed by atoms with Gasteiger partial charge < -0.3 is 10.1 Å². The van der Waals surface area contributed by atoms with Gasteiger partial charge >= 0.3 is 0 Å². The van der Waals surface area contributed by atoms with Gasteiger partial charge in [-0.25, -0.2) is 0 Å². The SMILES string of the molecule is CC[C@@H](Oc1ccc2ccccc2c1)C(=O)N[C@@H](C)c1ccc2c(c1)CCCC2. The normalized spacial score (nSPS) is 15.4. The minimum absolute atomic E-state index is 0.0380. The maximum atomic E-state index is 12.9. The smallest absolute Gasteiger partial charge is 0.261 e. The standard InChI is InChI=1S/C26H29NO2/c1-3-25(29-24-15-14-20-9-5-7-11-23(20)17-24)26(28)27-18(2)21-13-12-19-8-4-6-10-22(19)16-21/h5,7,9,11-18,25H,3-4,6,8,10H2,1-2H3,(H,27,28)/t18-,25+/m0/s1. The summed E-state index contributed by atoms with van der Waals surface area (Å²) in [7, 11) is 0. The highest BCUT2D eigenvalue weighted by Gasteiger charge is 2.21. The molecular formula is C26H29NO2. The fourth-order valence-corrected chi connectivity index (χ4v) is 4.14. The van der Waals surface area contributed by atoms with Crippen LogP contribution in [-0.4, -0.2) is 12.0 Å². The van der Waals surface area contributed by atoms with E-state index in [1.165, 1.54) is 41.3 Å². The number of rotatable bonds is 6. The van der Waals surface area contributed by atoms with Crippen molar-refractivity contribution in [1.29, 1.82) is 0 Å². The molecular weight excluding hydrogens is 358 g/mol. The number of nitrogens with one attached hydrogen (secondary N) is 1. The molecule has 29 heavy (non-hydrogen) atoms. The first-order chi connectivity index (χ1) is 14.1. The molecule has 1 aliphatic carbocycles. The minimum Gasteiger partial charge on any atom is -0.481 e. The lowest BCUT2D eigenvalue weighted by Gasteiger charge is -2.23. The van der Waals surface area contributed by atoms with Crippen molar-refractivity contribution >= 4 is 16.7 Å². The number of hydrogen-bond acceptors (Lipinski definition) is 2. The predicted molar refractivity (Wildman–Crippen MR) is 118 cm³/mol. The largest absolute Gasteiger partial charge is 0.481 e. The van der Waals surface area contributed by atoms with Gasteiger partial charge in [0.05, 0.1) is 6.04 Å². The van der Waals surface area contributed by atoms with Crippen molar-refractivity contribution in [2.24, 2.45) is 0 Å². The molecule has 0 bridgehead atoms. The van der Waals surface area contributed by atoms with Gasteiger partial charge in [-0.2, -0.15) is 0 Å². The molecule has 2 atom stereocenters. The van der Waals surface area contributed by atoms with Gasteiger partial charge in [-0.05, 0) is 78.6 Å². The molecule has 0 radical (unpaired) electrons. The van der Waals surface area contributed by atoms with Gasteiger partial charge in [0, 0.05) is 0 Å². The fraction of sp³-hybridized carbons (Fsp3) is 0.346. The summed E-state index contributed by atoms with van der Waals surface area (Å²) >= 11 is 0. The second kappa shape index (κ2) is 8.69. The Morgan fingerprint density at radius 2 is 1.72 bits per heavy atom. The maximum Gasteiger partial charge on any atom is 0.261 e. The lowest BCUT2D eigenvalue weighted by molar-refractivity contribution is -0.128. The van der Waals surface area contributed by atoms with E-state index in [4.69, 9.17) is 4.74 Å². The number of carbonyl (C=O) groups excluding carboxylic acids is 1. The minimum atomic E-state index is -0.503. The van der Waals surface area contributed by atoms with E-state index in [-0.39, 0.29) is 11.9 Å². The second-order valence-corrected chi connectivity index (χ2v) is 7.99. The van der Waals surface area contributed by atoms with Gasteiger partial charge in [-0.3, -0.25) is 4.79 Å². The number of hydrogen-bond donors (Lipinski definition) is 1. The summed E-state index contributed by atoms with van der Waals surface area (Å²) in [5.74, 6) is 0.665. The lowest BCUT2D eigenvalue weighted by atomic mass is 9.89. The molecule has 1 N–H and O–H groups in total. The summed E-state index contributed by atoms with van der Waals surface area (Å²) in [4.78, 5) is 12.9. The maximum absolute atomic E-state index is 12.9. The van der Waals surface area contributed by atoms with Crippen molar-refractivity contribution in [1.82, 2.24) is 5.32 Å². The van der Waals surface area contributed by atoms with E-state index in [9.17, 15) is 4.79 Å². The van der Waals surface area contributed by atoms with E-state index in [1.807, 2.05) is 44.2 Å². The number of aryl methyl sites for hydroxylation is 2. The van der Waals surface area contributed by atoms with Gasteiger partial charge in [-0.1, -0.05) is 55.5 Å². The molecule has 3 heteroatoms. The van der Waals surface area contributed by atoms with E-state index < -0.39 is 6.10 Å². The molecule has 0 saturated heterocycles. The van der Waals surface area contributed by atoms with Crippen molar-refractivity contribution in [2.75, 3.05) is 0 Å². The Morgan fingerprint density at radius 1 is 0.966 bits per heavy atom. The molecule has 3 aromatic rings. The zero-order valence-electron chi connectivity index (χ0n) is 17.3. The molecule has 0 heterocycles. The number of fused-ring (bicyclic) bond motifs is 2. The average molecular weight is 388 g/mol. The summed E-state index contributed by atoms with van der Waals surface area (Å²) in [5, 5.41) is 5.43. The first kappa shape index (κ1) is 19.5. The van der Waals surface area contributed by atoms with Crippen LogP contribution >= 0.6 is 0 Å². The molecule has 1 aliphatic rings. The molecule has 0 saturated carbocycles. The molecule has 0 fully saturated rings. The van der Waals surface area contributed by atoms with Crippen LogP contribution in [-0.2, 0) is 17.6 Å². The van der Waals surface area contributed by atoms with Gasteiger partial charge in [0.2, 0.25) is 0 Å². The quantitative estimate of drug-likeness (QED) is 0.584. The Hall–Kier alpha value is -2.81. The molecule has 0 unspecified atom stereocenters. The molecule has 3 aromatic carbocycles. The zero-order valence-corrected chi connectivity index (χ0v) is 17.3. The van der Waals surface area contributed by atoms with Crippen LogP contribution in [0.5, 0.6) is 5.75 Å². The molecule has 0 aliphatic heterocycles. The van der Waals surface area contributed by atoms with Crippen LogP contribution in [0, 0.1) is 0 Å². The third-order valence-corrected chi connectivity index (χ3v) is 5.89. The Bertz CT molecular complexity index is 1010. The first-order valence-corrected chi connectivity index (χ1v) is 10.7. The van der Waals surface area contributed by atoms with Gasteiger partial charge in [0.25, 0.3) is 5.91 Å². The van der Waals surface area contributed by atoms with Crippen LogP contribution < -0.4 is 10.1 Å². The third kappa shape index (κ3) is 4.45. The molecule has 4 rings (SSSR count). The summed E-state index contributed by atoms with van der Waals surface area (Å²) in [6.07, 6.45) is 4.98. The van der Waals surface area contributed by atoms with Crippen molar-refractivity contribution in [3.8, 4) is 5.75 Å². The average Bonchev–Trinajstić information content (AvgIpc) is 2.76. The predicted octanol–water partition coefficient (Wildman–Crippen LogP) is 5.75. The first-order valence-electron chi connectivity index (χ1n) is 10.7. The Morgan fingerprint density at radius 3 is 2.52 bits per heavy atom. The van der Waals surface area contributed by atoms with Crippen LogP contribution in [0.4, 0.5) is 0 Å². The Labute approximate surface area is 173 Å².